The van der Waals surface area contributed by atoms with Crippen molar-refractivity contribution in [3.63, 3.8) is 0 Å². The van der Waals surface area contributed by atoms with Crippen molar-refractivity contribution in [1.82, 2.24) is 14.9 Å². The van der Waals surface area contributed by atoms with Crippen LogP contribution in [0.1, 0.15) is 31.2 Å². The molecule has 1 saturated heterocycles. The van der Waals surface area contributed by atoms with E-state index in [2.05, 4.69) is 20.9 Å². The van der Waals surface area contributed by atoms with Crippen LogP contribution in [0.15, 0.2) is 24.5 Å². The molecule has 21 heavy (non-hydrogen) atoms. The van der Waals surface area contributed by atoms with E-state index in [9.17, 15) is 4.79 Å². The first-order chi connectivity index (χ1) is 10.2. The minimum absolute atomic E-state index is 0.287. The van der Waals surface area contributed by atoms with Crippen LogP contribution in [0.3, 0.4) is 0 Å². The Morgan fingerprint density at radius 1 is 1.52 bits per heavy atom. The first kappa shape index (κ1) is 14.1. The Hall–Kier alpha value is -1.88. The quantitative estimate of drug-likeness (QED) is 0.887. The largest absolute Gasteiger partial charge is 0.481 e. The van der Waals surface area contributed by atoms with Crippen LogP contribution in [0.4, 0.5) is 0 Å². The summed E-state index contributed by atoms with van der Waals surface area (Å²) in [6, 6.07) is 4.06. The molecule has 0 amide bonds. The Kier molecular flexibility index (Phi) is 4.20. The molecule has 0 aromatic carbocycles. The number of hydrogen-bond acceptors (Lipinski definition) is 3. The maximum absolute atomic E-state index is 10.7. The number of aromatic nitrogens is 2. The molecule has 3 heterocycles. The number of carboxylic acid groups (broad SMARTS) is 1. The Morgan fingerprint density at radius 3 is 3.29 bits per heavy atom. The fourth-order valence-electron chi connectivity index (χ4n) is 3.24. The monoisotopic (exact) mass is 287 g/mol. The summed E-state index contributed by atoms with van der Waals surface area (Å²) in [6.07, 6.45) is 7.23. The first-order valence-corrected chi connectivity index (χ1v) is 7.57. The molecule has 2 N–H and O–H groups in total. The van der Waals surface area contributed by atoms with Gasteiger partial charge in [-0.05, 0) is 49.4 Å². The summed E-state index contributed by atoms with van der Waals surface area (Å²) in [5.74, 6) is -0.173. The average molecular weight is 287 g/mol. The molecule has 0 saturated carbocycles. The molecule has 0 spiro atoms. The number of piperidine rings is 1. The lowest BCUT2D eigenvalue weighted by molar-refractivity contribution is -0.137. The topological polar surface area (TPSA) is 69.2 Å². The van der Waals surface area contributed by atoms with E-state index in [4.69, 9.17) is 5.11 Å². The predicted molar refractivity (Wildman–Crippen MR) is 81.0 cm³/mol. The fraction of sp³-hybridized carbons (Fsp3) is 0.500. The smallest absolute Gasteiger partial charge is 0.303 e. The van der Waals surface area contributed by atoms with Crippen LogP contribution < -0.4 is 0 Å². The van der Waals surface area contributed by atoms with Crippen molar-refractivity contribution in [3.8, 4) is 0 Å². The van der Waals surface area contributed by atoms with Crippen LogP contribution >= 0.6 is 0 Å². The van der Waals surface area contributed by atoms with Crippen molar-refractivity contribution in [2.45, 2.75) is 32.2 Å². The Labute approximate surface area is 124 Å². The zero-order valence-corrected chi connectivity index (χ0v) is 12.1. The Bertz CT molecular complexity index is 623. The SMILES string of the molecule is O=C(O)CCC1CCCN(Cc2c[nH]c3ncccc23)C1. The molecular formula is C16H21N3O2. The molecule has 5 heteroatoms. The number of hydrogen-bond donors (Lipinski definition) is 2. The van der Waals surface area contributed by atoms with Gasteiger partial charge in [-0.3, -0.25) is 9.69 Å². The van der Waals surface area contributed by atoms with Gasteiger partial charge in [0.05, 0.1) is 0 Å². The van der Waals surface area contributed by atoms with Crippen molar-refractivity contribution in [2.24, 2.45) is 5.92 Å². The molecule has 1 aliphatic heterocycles. The van der Waals surface area contributed by atoms with E-state index in [1.807, 2.05) is 12.3 Å². The summed E-state index contributed by atoms with van der Waals surface area (Å²) < 4.78 is 0. The summed E-state index contributed by atoms with van der Waals surface area (Å²) in [5.41, 5.74) is 2.21. The Balaban J connectivity index is 1.63. The third kappa shape index (κ3) is 3.42. The summed E-state index contributed by atoms with van der Waals surface area (Å²) >= 11 is 0. The van der Waals surface area contributed by atoms with Crippen molar-refractivity contribution in [3.05, 3.63) is 30.1 Å². The highest BCUT2D eigenvalue weighted by molar-refractivity contribution is 5.79. The minimum Gasteiger partial charge on any atom is -0.481 e. The van der Waals surface area contributed by atoms with E-state index >= 15 is 0 Å². The lowest BCUT2D eigenvalue weighted by atomic mass is 9.93. The van der Waals surface area contributed by atoms with E-state index in [-0.39, 0.29) is 6.42 Å². The van der Waals surface area contributed by atoms with Crippen LogP contribution in [0.25, 0.3) is 11.0 Å². The summed E-state index contributed by atoms with van der Waals surface area (Å²) in [5, 5.41) is 10.00. The molecule has 0 bridgehead atoms. The molecule has 5 nitrogen and oxygen atoms in total. The first-order valence-electron chi connectivity index (χ1n) is 7.57. The second-order valence-electron chi connectivity index (χ2n) is 5.89. The van der Waals surface area contributed by atoms with Crippen LogP contribution in [-0.4, -0.2) is 39.0 Å². The highest BCUT2D eigenvalue weighted by Gasteiger charge is 2.21. The van der Waals surface area contributed by atoms with Gasteiger partial charge in [-0.15, -0.1) is 0 Å². The normalized spacial score (nSPS) is 19.9. The number of rotatable bonds is 5. The predicted octanol–water partition coefficient (Wildman–Crippen LogP) is 2.64. The van der Waals surface area contributed by atoms with Gasteiger partial charge in [0.1, 0.15) is 5.65 Å². The summed E-state index contributed by atoms with van der Waals surface area (Å²) in [6.45, 7) is 3.01. The zero-order chi connectivity index (χ0) is 14.7. The van der Waals surface area contributed by atoms with E-state index in [1.165, 1.54) is 10.9 Å². The maximum atomic E-state index is 10.7. The minimum atomic E-state index is -0.685. The van der Waals surface area contributed by atoms with E-state index < -0.39 is 5.97 Å². The third-order valence-corrected chi connectivity index (χ3v) is 4.30. The molecule has 1 unspecified atom stereocenters. The lowest BCUT2D eigenvalue weighted by Gasteiger charge is -2.32. The number of nitrogens with one attached hydrogen (secondary N) is 1. The molecule has 1 aliphatic rings. The Morgan fingerprint density at radius 2 is 2.43 bits per heavy atom. The van der Waals surface area contributed by atoms with Gasteiger partial charge in [0.25, 0.3) is 0 Å². The van der Waals surface area contributed by atoms with Crippen LogP contribution in [0.5, 0.6) is 0 Å². The van der Waals surface area contributed by atoms with Crippen LogP contribution in [0.2, 0.25) is 0 Å². The number of aliphatic carboxylic acids is 1. The lowest BCUT2D eigenvalue weighted by Crippen LogP contribution is -2.35. The molecule has 1 atom stereocenters. The standard InChI is InChI=1S/C16H21N3O2/c20-15(21)6-5-12-3-2-8-19(10-12)11-13-9-18-16-14(13)4-1-7-17-16/h1,4,7,9,12H,2-3,5-6,8,10-11H2,(H,17,18)(H,20,21). The highest BCUT2D eigenvalue weighted by atomic mass is 16.4. The van der Waals surface area contributed by atoms with Gasteiger partial charge in [0, 0.05) is 37.3 Å². The average Bonchev–Trinajstić information content (AvgIpc) is 2.89. The number of aromatic amines is 1. The molecule has 2 aromatic heterocycles. The van der Waals surface area contributed by atoms with Gasteiger partial charge in [0.15, 0.2) is 0 Å². The van der Waals surface area contributed by atoms with Crippen molar-refractivity contribution < 1.29 is 9.90 Å². The van der Waals surface area contributed by atoms with Gasteiger partial charge >= 0.3 is 5.97 Å². The van der Waals surface area contributed by atoms with Crippen molar-refractivity contribution in [1.29, 1.82) is 0 Å². The number of fused-ring (bicyclic) bond motifs is 1. The van der Waals surface area contributed by atoms with Gasteiger partial charge in [0.2, 0.25) is 0 Å². The van der Waals surface area contributed by atoms with Crippen molar-refractivity contribution in [2.75, 3.05) is 13.1 Å². The number of carbonyl (C=O) groups is 1. The molecule has 0 radical (unpaired) electrons. The summed E-state index contributed by atoms with van der Waals surface area (Å²) in [7, 11) is 0. The number of carboxylic acids is 1. The number of pyridine rings is 1. The second kappa shape index (κ2) is 6.26. The van der Waals surface area contributed by atoms with E-state index in [1.54, 1.807) is 6.20 Å². The molecule has 2 aromatic rings. The number of nitrogens with zero attached hydrogens (tertiary/aromatic N) is 2. The molecule has 3 rings (SSSR count). The molecule has 0 aliphatic carbocycles. The zero-order valence-electron chi connectivity index (χ0n) is 12.1. The van der Waals surface area contributed by atoms with Gasteiger partial charge in [-0.1, -0.05) is 0 Å². The second-order valence-corrected chi connectivity index (χ2v) is 5.89. The van der Waals surface area contributed by atoms with Gasteiger partial charge in [-0.25, -0.2) is 4.98 Å². The number of likely N-dealkylation sites (tertiary alicyclic amines) is 1. The molecule has 112 valence electrons. The molecular weight excluding hydrogens is 266 g/mol. The van der Waals surface area contributed by atoms with Crippen LogP contribution in [-0.2, 0) is 11.3 Å². The van der Waals surface area contributed by atoms with Gasteiger partial charge in [-0.2, -0.15) is 0 Å². The summed E-state index contributed by atoms with van der Waals surface area (Å²) in [4.78, 5) is 20.7. The van der Waals surface area contributed by atoms with Gasteiger partial charge < -0.3 is 10.1 Å². The van der Waals surface area contributed by atoms with E-state index in [0.717, 1.165) is 44.5 Å². The van der Waals surface area contributed by atoms with Crippen molar-refractivity contribution >= 4 is 17.0 Å². The third-order valence-electron chi connectivity index (χ3n) is 4.30. The van der Waals surface area contributed by atoms with Crippen LogP contribution in [0, 0.1) is 5.92 Å². The van der Waals surface area contributed by atoms with E-state index in [0.29, 0.717) is 5.92 Å². The maximum Gasteiger partial charge on any atom is 0.303 e. The number of H-pyrrole nitrogens is 1. The molecule has 1 fully saturated rings. The highest BCUT2D eigenvalue weighted by Crippen LogP contribution is 2.24. The fourth-order valence-corrected chi connectivity index (χ4v) is 3.24.